The van der Waals surface area contributed by atoms with Crippen molar-refractivity contribution in [1.29, 1.82) is 0 Å². The summed E-state index contributed by atoms with van der Waals surface area (Å²) in [5.74, 6) is 1.07. The molecule has 3 rings (SSSR count). The first-order valence-electron chi connectivity index (χ1n) is 7.97. The molecule has 24 heavy (non-hydrogen) atoms. The molecule has 0 atom stereocenters. The molecule has 0 spiro atoms. The Morgan fingerprint density at radius 2 is 2.12 bits per heavy atom. The highest BCUT2D eigenvalue weighted by molar-refractivity contribution is 5.56. The highest BCUT2D eigenvalue weighted by Crippen LogP contribution is 2.30. The van der Waals surface area contributed by atoms with E-state index in [1.165, 1.54) is 13.2 Å². The number of halogens is 1. The van der Waals surface area contributed by atoms with Crippen LogP contribution in [0.15, 0.2) is 22.6 Å². The first-order valence-corrected chi connectivity index (χ1v) is 7.97. The second-order valence-corrected chi connectivity index (χ2v) is 6.84. The van der Waals surface area contributed by atoms with Crippen LogP contribution in [0.25, 0.3) is 11.5 Å². The van der Waals surface area contributed by atoms with Crippen LogP contribution in [0.4, 0.5) is 4.39 Å². The molecule has 1 aliphatic heterocycles. The zero-order chi connectivity index (χ0) is 17.3. The summed E-state index contributed by atoms with van der Waals surface area (Å²) >= 11 is 0. The average molecular weight is 334 g/mol. The van der Waals surface area contributed by atoms with Crippen LogP contribution in [0.1, 0.15) is 18.4 Å². The van der Waals surface area contributed by atoms with Crippen LogP contribution in [-0.4, -0.2) is 43.8 Å². The van der Waals surface area contributed by atoms with Gasteiger partial charge in [-0.05, 0) is 26.1 Å². The summed E-state index contributed by atoms with van der Waals surface area (Å²) in [6, 6.07) is 4.65. The maximum atomic E-state index is 14.2. The predicted molar refractivity (Wildman–Crippen MR) is 88.4 cm³/mol. The largest absolute Gasteiger partial charge is 0.497 e. The van der Waals surface area contributed by atoms with Gasteiger partial charge in [0.25, 0.3) is 0 Å². The Kier molecular flexibility index (Phi) is 4.60. The number of ether oxygens (including phenoxy) is 2. The van der Waals surface area contributed by atoms with Crippen molar-refractivity contribution >= 4 is 0 Å². The lowest BCUT2D eigenvalue weighted by molar-refractivity contribution is -0.113. The standard InChI is InChI=1S/C18H23FN2O3/c1-12-16(8-21(3)9-18(2)10-23-11-18)20-17(24-12)14-6-5-13(22-4)7-15(14)19/h5-7H,8-11H2,1-4H3. The Labute approximate surface area is 141 Å². The third-order valence-electron chi connectivity index (χ3n) is 4.27. The van der Waals surface area contributed by atoms with Crippen molar-refractivity contribution in [3.63, 3.8) is 0 Å². The topological polar surface area (TPSA) is 47.7 Å². The van der Waals surface area contributed by atoms with Gasteiger partial charge < -0.3 is 13.9 Å². The average Bonchev–Trinajstić information content (AvgIpc) is 2.86. The second-order valence-electron chi connectivity index (χ2n) is 6.84. The molecule has 2 heterocycles. The van der Waals surface area contributed by atoms with Crippen LogP contribution >= 0.6 is 0 Å². The predicted octanol–water partition coefficient (Wildman–Crippen LogP) is 3.27. The third-order valence-corrected chi connectivity index (χ3v) is 4.27. The number of rotatable bonds is 6. The van der Waals surface area contributed by atoms with E-state index in [1.807, 2.05) is 14.0 Å². The van der Waals surface area contributed by atoms with Crippen molar-refractivity contribution in [2.75, 3.05) is 33.9 Å². The summed E-state index contributed by atoms with van der Waals surface area (Å²) < 4.78 is 30.2. The Morgan fingerprint density at radius 3 is 2.71 bits per heavy atom. The van der Waals surface area contributed by atoms with E-state index in [0.29, 0.717) is 29.5 Å². The SMILES string of the molecule is COc1ccc(-c2nc(CN(C)CC3(C)COC3)c(C)o2)c(F)c1. The number of nitrogens with zero attached hydrogens (tertiary/aromatic N) is 2. The van der Waals surface area contributed by atoms with Crippen molar-refractivity contribution in [3.8, 4) is 17.2 Å². The molecule has 0 amide bonds. The smallest absolute Gasteiger partial charge is 0.229 e. The lowest BCUT2D eigenvalue weighted by atomic mass is 9.88. The number of hydrogen-bond donors (Lipinski definition) is 0. The first-order chi connectivity index (χ1) is 11.4. The van der Waals surface area contributed by atoms with Gasteiger partial charge >= 0.3 is 0 Å². The zero-order valence-corrected chi connectivity index (χ0v) is 14.6. The zero-order valence-electron chi connectivity index (χ0n) is 14.6. The molecule has 1 aromatic heterocycles. The van der Waals surface area contributed by atoms with Crippen molar-refractivity contribution in [2.45, 2.75) is 20.4 Å². The van der Waals surface area contributed by atoms with Crippen LogP contribution in [-0.2, 0) is 11.3 Å². The molecule has 5 nitrogen and oxygen atoms in total. The highest BCUT2D eigenvalue weighted by atomic mass is 19.1. The monoisotopic (exact) mass is 334 g/mol. The van der Waals surface area contributed by atoms with E-state index >= 15 is 0 Å². The van der Waals surface area contributed by atoms with Crippen molar-refractivity contribution in [2.24, 2.45) is 5.41 Å². The molecular formula is C18H23FN2O3. The molecule has 0 aliphatic carbocycles. The van der Waals surface area contributed by atoms with Crippen molar-refractivity contribution in [1.82, 2.24) is 9.88 Å². The molecular weight excluding hydrogens is 311 g/mol. The maximum Gasteiger partial charge on any atom is 0.229 e. The van der Waals surface area contributed by atoms with Gasteiger partial charge in [0.05, 0.1) is 31.6 Å². The molecule has 0 N–H and O–H groups in total. The number of aromatic nitrogens is 1. The maximum absolute atomic E-state index is 14.2. The van der Waals surface area contributed by atoms with Gasteiger partial charge in [-0.2, -0.15) is 0 Å². The molecule has 6 heteroatoms. The summed E-state index contributed by atoms with van der Waals surface area (Å²) in [6.45, 7) is 7.22. The summed E-state index contributed by atoms with van der Waals surface area (Å²) in [5.41, 5.74) is 1.37. The van der Waals surface area contributed by atoms with Crippen molar-refractivity contribution in [3.05, 3.63) is 35.5 Å². The minimum atomic E-state index is -0.408. The molecule has 1 fully saturated rings. The van der Waals surface area contributed by atoms with Gasteiger partial charge in [0, 0.05) is 24.6 Å². The van der Waals surface area contributed by atoms with Gasteiger partial charge in [0.15, 0.2) is 0 Å². The Bertz CT molecular complexity index is 725. The van der Waals surface area contributed by atoms with Gasteiger partial charge in [-0.1, -0.05) is 6.92 Å². The second kappa shape index (κ2) is 6.53. The van der Waals surface area contributed by atoms with Gasteiger partial charge in [-0.25, -0.2) is 9.37 Å². The number of aryl methyl sites for hydroxylation is 1. The quantitative estimate of drug-likeness (QED) is 0.811. The van der Waals surface area contributed by atoms with Gasteiger partial charge in [0.2, 0.25) is 5.89 Å². The number of methoxy groups -OCH3 is 1. The lowest BCUT2D eigenvalue weighted by Crippen LogP contribution is -2.47. The summed E-state index contributed by atoms with van der Waals surface area (Å²) in [7, 11) is 3.55. The van der Waals surface area contributed by atoms with Crippen molar-refractivity contribution < 1.29 is 18.3 Å². The lowest BCUT2D eigenvalue weighted by Gasteiger charge is -2.40. The number of hydrogen-bond acceptors (Lipinski definition) is 5. The number of benzene rings is 1. The first kappa shape index (κ1) is 16.9. The van der Waals surface area contributed by atoms with Gasteiger partial charge in [-0.3, -0.25) is 4.90 Å². The van der Waals surface area contributed by atoms with E-state index in [2.05, 4.69) is 16.8 Å². The minimum absolute atomic E-state index is 0.206. The van der Waals surface area contributed by atoms with Crippen LogP contribution in [0.2, 0.25) is 0 Å². The van der Waals surface area contributed by atoms with E-state index in [0.717, 1.165) is 25.5 Å². The molecule has 2 aromatic rings. The molecule has 0 bridgehead atoms. The summed E-state index contributed by atoms with van der Waals surface area (Å²) in [6.07, 6.45) is 0. The fraction of sp³-hybridized carbons (Fsp3) is 0.500. The van der Waals surface area contributed by atoms with Crippen LogP contribution in [0.5, 0.6) is 5.75 Å². The minimum Gasteiger partial charge on any atom is -0.497 e. The normalized spacial score (nSPS) is 16.2. The summed E-state index contributed by atoms with van der Waals surface area (Å²) in [4.78, 5) is 6.69. The molecule has 1 aromatic carbocycles. The molecule has 0 unspecified atom stereocenters. The molecule has 0 radical (unpaired) electrons. The Morgan fingerprint density at radius 1 is 1.38 bits per heavy atom. The molecule has 1 saturated heterocycles. The molecule has 130 valence electrons. The van der Waals surface area contributed by atoms with E-state index in [1.54, 1.807) is 12.1 Å². The number of oxazole rings is 1. The van der Waals surface area contributed by atoms with Crippen LogP contribution in [0.3, 0.4) is 0 Å². The fourth-order valence-corrected chi connectivity index (χ4v) is 2.99. The van der Waals surface area contributed by atoms with Crippen LogP contribution < -0.4 is 4.74 Å². The Hall–Kier alpha value is -1.92. The fourth-order valence-electron chi connectivity index (χ4n) is 2.99. The van der Waals surface area contributed by atoms with E-state index in [4.69, 9.17) is 13.9 Å². The molecule has 0 saturated carbocycles. The molecule has 1 aliphatic rings. The highest BCUT2D eigenvalue weighted by Gasteiger charge is 2.34. The third kappa shape index (κ3) is 3.44. The Balaban J connectivity index is 1.75. The van der Waals surface area contributed by atoms with E-state index in [-0.39, 0.29) is 5.41 Å². The van der Waals surface area contributed by atoms with E-state index < -0.39 is 5.82 Å². The summed E-state index contributed by atoms with van der Waals surface area (Å²) in [5, 5.41) is 0. The van der Waals surface area contributed by atoms with Gasteiger partial charge in [-0.15, -0.1) is 0 Å². The van der Waals surface area contributed by atoms with Gasteiger partial charge in [0.1, 0.15) is 17.3 Å². The van der Waals surface area contributed by atoms with Crippen LogP contribution in [0, 0.1) is 18.2 Å². The van der Waals surface area contributed by atoms with E-state index in [9.17, 15) is 4.39 Å².